The molecule has 0 aliphatic heterocycles. The van der Waals surface area contributed by atoms with E-state index in [1.165, 1.54) is 38.8 Å². The number of rotatable bonds is 3. The molecular formula is C43H26N4. The minimum atomic E-state index is -0.542. The van der Waals surface area contributed by atoms with Crippen LogP contribution in [0, 0.1) is 0 Å². The van der Waals surface area contributed by atoms with E-state index in [4.69, 9.17) is 19.9 Å². The first-order valence-corrected chi connectivity index (χ1v) is 15.9. The van der Waals surface area contributed by atoms with Crippen molar-refractivity contribution in [1.82, 2.24) is 19.9 Å². The molecule has 0 N–H and O–H groups in total. The molecule has 2 aliphatic rings. The van der Waals surface area contributed by atoms with E-state index in [0.717, 1.165) is 33.3 Å². The van der Waals surface area contributed by atoms with Crippen molar-refractivity contribution in [2.75, 3.05) is 0 Å². The van der Waals surface area contributed by atoms with E-state index in [1.54, 1.807) is 0 Å². The molecule has 0 radical (unpaired) electrons. The predicted octanol–water partition coefficient (Wildman–Crippen LogP) is 9.76. The van der Waals surface area contributed by atoms with Gasteiger partial charge in [-0.25, -0.2) is 15.0 Å². The van der Waals surface area contributed by atoms with Crippen molar-refractivity contribution >= 4 is 10.8 Å². The van der Waals surface area contributed by atoms with E-state index in [-0.39, 0.29) is 0 Å². The second-order valence-electron chi connectivity index (χ2n) is 12.2. The molecule has 0 saturated heterocycles. The van der Waals surface area contributed by atoms with Gasteiger partial charge >= 0.3 is 0 Å². The van der Waals surface area contributed by atoms with Crippen LogP contribution in [0.2, 0.25) is 0 Å². The minimum absolute atomic E-state index is 0.542. The quantitative estimate of drug-likeness (QED) is 0.203. The lowest BCUT2D eigenvalue weighted by molar-refractivity contribution is 0.799. The first-order valence-electron chi connectivity index (χ1n) is 15.9. The molecule has 6 aromatic carbocycles. The Morgan fingerprint density at radius 1 is 0.404 bits per heavy atom. The van der Waals surface area contributed by atoms with Crippen molar-refractivity contribution in [2.24, 2.45) is 0 Å². The van der Waals surface area contributed by atoms with Crippen LogP contribution in [0.25, 0.3) is 67.3 Å². The summed E-state index contributed by atoms with van der Waals surface area (Å²) in [5.41, 5.74) is 11.8. The Bertz CT molecular complexity index is 2420. The number of nitrogens with zero attached hydrogens (tertiary/aromatic N) is 4. The third kappa shape index (κ3) is 3.58. The standard InChI is InChI=1S/C43H26N4/c1-3-14-27(15-4-1)40-45-41(28-16-5-2-6-17-28)47-42(46-40)33-22-13-25-36-37(33)39-38(30-19-8-7-18-29(30)26-44-39)43(36)34-23-11-9-20-31(34)32-21-10-12-24-35(32)43/h1-26H. The van der Waals surface area contributed by atoms with Gasteiger partial charge in [0, 0.05) is 39.4 Å². The highest BCUT2D eigenvalue weighted by atomic mass is 15.0. The first kappa shape index (κ1) is 26.0. The van der Waals surface area contributed by atoms with Crippen molar-refractivity contribution in [1.29, 1.82) is 0 Å². The van der Waals surface area contributed by atoms with E-state index >= 15 is 0 Å². The Hall–Kier alpha value is -6.26. The molecule has 8 aromatic rings. The van der Waals surface area contributed by atoms with Gasteiger partial charge in [-0.1, -0.05) is 152 Å². The molecule has 47 heavy (non-hydrogen) atoms. The Balaban J connectivity index is 1.34. The Kier molecular flexibility index (Phi) is 5.46. The molecule has 1 spiro atoms. The van der Waals surface area contributed by atoms with Crippen LogP contribution in [0.15, 0.2) is 158 Å². The summed E-state index contributed by atoms with van der Waals surface area (Å²) < 4.78 is 0. The zero-order valence-corrected chi connectivity index (χ0v) is 25.3. The fraction of sp³-hybridized carbons (Fsp3) is 0.0233. The summed E-state index contributed by atoms with van der Waals surface area (Å²) in [5.74, 6) is 1.91. The van der Waals surface area contributed by atoms with Crippen molar-refractivity contribution in [3.05, 3.63) is 180 Å². The lowest BCUT2D eigenvalue weighted by atomic mass is 9.69. The van der Waals surface area contributed by atoms with Crippen molar-refractivity contribution < 1.29 is 0 Å². The third-order valence-electron chi connectivity index (χ3n) is 9.77. The van der Waals surface area contributed by atoms with Crippen LogP contribution in [0.4, 0.5) is 0 Å². The Morgan fingerprint density at radius 2 is 0.915 bits per heavy atom. The maximum atomic E-state index is 5.27. The average molecular weight is 599 g/mol. The number of aromatic nitrogens is 4. The zero-order valence-electron chi connectivity index (χ0n) is 25.3. The van der Waals surface area contributed by atoms with Gasteiger partial charge in [-0.05, 0) is 33.2 Å². The third-order valence-corrected chi connectivity index (χ3v) is 9.77. The summed E-state index contributed by atoms with van der Waals surface area (Å²) in [6.45, 7) is 0. The molecular weight excluding hydrogens is 573 g/mol. The largest absolute Gasteiger partial charge is 0.255 e. The molecule has 0 saturated carbocycles. The van der Waals surface area contributed by atoms with E-state index in [2.05, 4.69) is 91.0 Å². The monoisotopic (exact) mass is 598 g/mol. The molecule has 0 amide bonds. The smallest absolute Gasteiger partial charge is 0.164 e. The summed E-state index contributed by atoms with van der Waals surface area (Å²) in [5, 5.41) is 2.33. The summed E-state index contributed by atoms with van der Waals surface area (Å²) in [6.07, 6.45) is 2.01. The Morgan fingerprint density at radius 3 is 1.57 bits per heavy atom. The fourth-order valence-corrected chi connectivity index (χ4v) is 7.90. The van der Waals surface area contributed by atoms with Gasteiger partial charge < -0.3 is 0 Å². The number of pyridine rings is 1. The highest BCUT2D eigenvalue weighted by Crippen LogP contribution is 2.64. The highest BCUT2D eigenvalue weighted by Gasteiger charge is 2.53. The summed E-state index contributed by atoms with van der Waals surface area (Å²) in [7, 11) is 0. The molecule has 2 heterocycles. The first-order chi connectivity index (χ1) is 23.3. The maximum absolute atomic E-state index is 5.27. The van der Waals surface area contributed by atoms with Crippen molar-refractivity contribution in [3.8, 4) is 56.5 Å². The number of benzene rings is 6. The molecule has 4 heteroatoms. The van der Waals surface area contributed by atoms with Crippen LogP contribution >= 0.6 is 0 Å². The second-order valence-corrected chi connectivity index (χ2v) is 12.2. The van der Waals surface area contributed by atoms with Gasteiger partial charge in [0.15, 0.2) is 17.5 Å². The van der Waals surface area contributed by atoms with E-state index in [0.29, 0.717) is 17.5 Å². The summed E-state index contributed by atoms with van der Waals surface area (Å²) in [4.78, 5) is 20.6. The lowest BCUT2D eigenvalue weighted by Crippen LogP contribution is -2.26. The van der Waals surface area contributed by atoms with Gasteiger partial charge in [-0.2, -0.15) is 0 Å². The van der Waals surface area contributed by atoms with E-state index in [1.807, 2.05) is 66.9 Å². The topological polar surface area (TPSA) is 51.6 Å². The van der Waals surface area contributed by atoms with E-state index in [9.17, 15) is 0 Å². The molecule has 10 rings (SSSR count). The summed E-state index contributed by atoms with van der Waals surface area (Å²) in [6, 6.07) is 53.2. The van der Waals surface area contributed by atoms with Gasteiger partial charge in [-0.3, -0.25) is 4.98 Å². The van der Waals surface area contributed by atoms with Crippen LogP contribution in [0.3, 0.4) is 0 Å². The molecule has 218 valence electrons. The van der Waals surface area contributed by atoms with Crippen LogP contribution in [-0.2, 0) is 5.41 Å². The second kappa shape index (κ2) is 9.87. The van der Waals surface area contributed by atoms with Crippen LogP contribution in [0.5, 0.6) is 0 Å². The van der Waals surface area contributed by atoms with Crippen molar-refractivity contribution in [3.63, 3.8) is 0 Å². The number of fused-ring (bicyclic) bond motifs is 12. The molecule has 4 nitrogen and oxygen atoms in total. The SMILES string of the molecule is c1ccc(-c2nc(-c3ccccc3)nc(-c3cccc4c3-c3ncc5ccccc5c3C43c4ccccc4-c4ccccc43)n2)cc1. The van der Waals surface area contributed by atoms with Gasteiger partial charge in [0.05, 0.1) is 11.1 Å². The van der Waals surface area contributed by atoms with Gasteiger partial charge in [0.25, 0.3) is 0 Å². The van der Waals surface area contributed by atoms with Crippen LogP contribution in [-0.4, -0.2) is 19.9 Å². The number of hydrogen-bond donors (Lipinski definition) is 0. The molecule has 0 bridgehead atoms. The van der Waals surface area contributed by atoms with Crippen molar-refractivity contribution in [2.45, 2.75) is 5.41 Å². The summed E-state index contributed by atoms with van der Waals surface area (Å²) >= 11 is 0. The molecule has 0 atom stereocenters. The Labute approximate surface area is 272 Å². The maximum Gasteiger partial charge on any atom is 0.164 e. The predicted molar refractivity (Wildman–Crippen MR) is 188 cm³/mol. The molecule has 2 aliphatic carbocycles. The number of hydrogen-bond acceptors (Lipinski definition) is 4. The molecule has 2 aromatic heterocycles. The van der Waals surface area contributed by atoms with Crippen LogP contribution < -0.4 is 0 Å². The molecule has 0 unspecified atom stereocenters. The minimum Gasteiger partial charge on any atom is -0.255 e. The normalized spacial score (nSPS) is 13.3. The van der Waals surface area contributed by atoms with Crippen LogP contribution in [0.1, 0.15) is 22.3 Å². The molecule has 0 fully saturated rings. The van der Waals surface area contributed by atoms with Gasteiger partial charge in [0.1, 0.15) is 0 Å². The average Bonchev–Trinajstić information content (AvgIpc) is 3.63. The highest BCUT2D eigenvalue weighted by molar-refractivity contribution is 6.04. The zero-order chi connectivity index (χ0) is 31.0. The van der Waals surface area contributed by atoms with Gasteiger partial charge in [-0.15, -0.1) is 0 Å². The van der Waals surface area contributed by atoms with E-state index < -0.39 is 5.41 Å². The lowest BCUT2D eigenvalue weighted by Gasteiger charge is -2.31. The van der Waals surface area contributed by atoms with Gasteiger partial charge in [0.2, 0.25) is 0 Å². The fourth-order valence-electron chi connectivity index (χ4n) is 7.90.